The van der Waals surface area contributed by atoms with Crippen LogP contribution in [0.5, 0.6) is 0 Å². The number of hydrogen-bond donors (Lipinski definition) is 0. The highest BCUT2D eigenvalue weighted by Crippen LogP contribution is 2.66. The van der Waals surface area contributed by atoms with Crippen LogP contribution in [0.25, 0.3) is 0 Å². The molecule has 20 heavy (non-hydrogen) atoms. The fourth-order valence-electron chi connectivity index (χ4n) is 2.67. The summed E-state index contributed by atoms with van der Waals surface area (Å²) < 4.78 is 8.57. The first-order valence-corrected chi connectivity index (χ1v) is 8.55. The van der Waals surface area contributed by atoms with Crippen molar-refractivity contribution in [3.8, 4) is 0 Å². The largest absolute Gasteiger partial charge is 0.434 e. The number of likely N-dealkylation sites (N-methyl/N-ethyl adjacent to an activating group) is 1. The highest BCUT2D eigenvalue weighted by Gasteiger charge is 2.55. The van der Waals surface area contributed by atoms with E-state index < -0.39 is 7.52 Å². The number of hydrogen-bond acceptors (Lipinski definition) is 2. The molecule has 0 bridgehead atoms. The molecule has 0 amide bonds. The van der Waals surface area contributed by atoms with E-state index in [1.807, 2.05) is 36.4 Å². The van der Waals surface area contributed by atoms with Gasteiger partial charge in [-0.05, 0) is 24.6 Å². The topological polar surface area (TPSA) is 12.5 Å². The first-order chi connectivity index (χ1) is 9.63. The van der Waals surface area contributed by atoms with Crippen LogP contribution in [0.4, 0.5) is 0 Å². The molecular formula is C16H18BNOP+. The molecule has 0 saturated carbocycles. The predicted octanol–water partition coefficient (Wildman–Crippen LogP) is 3.33. The number of rotatable bonds is 2. The van der Waals surface area contributed by atoms with E-state index in [1.165, 1.54) is 5.56 Å². The van der Waals surface area contributed by atoms with E-state index in [-0.39, 0.29) is 12.1 Å². The summed E-state index contributed by atoms with van der Waals surface area (Å²) in [5, 5.41) is 1.09. The molecule has 1 aliphatic heterocycles. The third kappa shape index (κ3) is 2.20. The van der Waals surface area contributed by atoms with Gasteiger partial charge in [0.05, 0.1) is 6.04 Å². The molecule has 0 aromatic heterocycles. The lowest BCUT2D eigenvalue weighted by Crippen LogP contribution is -2.28. The smallest absolute Gasteiger partial charge is 0.224 e. The minimum Gasteiger partial charge on any atom is -0.224 e. The van der Waals surface area contributed by atoms with Gasteiger partial charge in [-0.1, -0.05) is 48.5 Å². The van der Waals surface area contributed by atoms with Gasteiger partial charge in [0.1, 0.15) is 11.4 Å². The summed E-state index contributed by atoms with van der Waals surface area (Å²) in [4.78, 5) is 0. The molecule has 2 aromatic rings. The maximum atomic E-state index is 6.66. The van der Waals surface area contributed by atoms with Crippen LogP contribution in [0, 0.1) is 0 Å². The summed E-state index contributed by atoms with van der Waals surface area (Å²) in [6, 6.07) is 20.7. The summed E-state index contributed by atoms with van der Waals surface area (Å²) in [6.07, 6.45) is 0.0275. The lowest BCUT2D eigenvalue weighted by molar-refractivity contribution is 0.217. The van der Waals surface area contributed by atoms with Crippen molar-refractivity contribution in [3.05, 3.63) is 66.2 Å². The fourth-order valence-corrected chi connectivity index (χ4v) is 5.21. The van der Waals surface area contributed by atoms with E-state index in [0.717, 1.165) is 5.30 Å². The van der Waals surface area contributed by atoms with Crippen LogP contribution in [-0.4, -0.2) is 25.3 Å². The van der Waals surface area contributed by atoms with Crippen LogP contribution in [0.2, 0.25) is 0 Å². The lowest BCUT2D eigenvalue weighted by Gasteiger charge is -2.23. The molecule has 100 valence electrons. The van der Waals surface area contributed by atoms with Crippen LogP contribution < -0.4 is 5.30 Å². The average Bonchev–Trinajstić information content (AvgIpc) is 2.75. The Bertz CT molecular complexity index is 580. The van der Waals surface area contributed by atoms with Gasteiger partial charge in [-0.25, -0.2) is 4.52 Å². The van der Waals surface area contributed by atoms with Gasteiger partial charge in [-0.3, -0.25) is 0 Å². The summed E-state index contributed by atoms with van der Waals surface area (Å²) >= 11 is 0. The van der Waals surface area contributed by atoms with Crippen molar-refractivity contribution in [2.24, 2.45) is 0 Å². The molecule has 3 atom stereocenters. The number of benzene rings is 2. The second-order valence-corrected chi connectivity index (χ2v) is 7.81. The van der Waals surface area contributed by atoms with Crippen LogP contribution in [0.3, 0.4) is 0 Å². The van der Waals surface area contributed by atoms with Crippen molar-refractivity contribution < 1.29 is 4.52 Å². The van der Waals surface area contributed by atoms with Crippen molar-refractivity contribution >= 4 is 20.4 Å². The molecule has 3 unspecified atom stereocenters. The van der Waals surface area contributed by atoms with Crippen molar-refractivity contribution in [1.82, 2.24) is 4.67 Å². The monoisotopic (exact) mass is 282 g/mol. The Morgan fingerprint density at radius 2 is 1.55 bits per heavy atom. The quantitative estimate of drug-likeness (QED) is 0.618. The normalized spacial score (nSPS) is 30.5. The molecule has 0 spiro atoms. The molecule has 0 N–H and O–H groups in total. The summed E-state index contributed by atoms with van der Waals surface area (Å²) in [7, 11) is 6.51. The average molecular weight is 282 g/mol. The number of nitrogens with zero attached hydrogens (tertiary/aromatic N) is 1. The Hall–Kier alpha value is -1.15. The lowest BCUT2D eigenvalue weighted by atomic mass is 10.0. The molecule has 1 saturated heterocycles. The Morgan fingerprint density at radius 1 is 1.00 bits per heavy atom. The van der Waals surface area contributed by atoms with Crippen LogP contribution >= 0.6 is 7.52 Å². The Balaban J connectivity index is 1.97. The van der Waals surface area contributed by atoms with Crippen LogP contribution in [-0.2, 0) is 4.52 Å². The summed E-state index contributed by atoms with van der Waals surface area (Å²) in [5.74, 6) is 0. The zero-order valence-corrected chi connectivity index (χ0v) is 12.7. The maximum Gasteiger partial charge on any atom is 0.434 e. The fraction of sp³-hybridized carbons (Fsp3) is 0.250. The van der Waals surface area contributed by atoms with E-state index in [4.69, 9.17) is 12.1 Å². The van der Waals surface area contributed by atoms with Gasteiger partial charge in [-0.15, -0.1) is 0 Å². The first-order valence-electron chi connectivity index (χ1n) is 6.83. The molecule has 2 aromatic carbocycles. The third-order valence-corrected chi connectivity index (χ3v) is 6.91. The molecule has 1 fully saturated rings. The predicted molar refractivity (Wildman–Crippen MR) is 86.2 cm³/mol. The maximum absolute atomic E-state index is 6.66. The van der Waals surface area contributed by atoms with E-state index >= 15 is 0 Å². The van der Waals surface area contributed by atoms with Gasteiger partial charge in [-0.2, -0.15) is 4.67 Å². The standard InChI is InChI=1S/C16H18BNOP/c1-13-16(14-9-5-3-6-10-14)19-20(17,18(13)2)15-11-7-4-8-12-15/h3-13,16H,1-2H3/q+1. The van der Waals surface area contributed by atoms with Gasteiger partial charge in [0.15, 0.2) is 7.52 Å². The molecule has 0 aliphatic carbocycles. The Labute approximate surface area is 122 Å². The Morgan fingerprint density at radius 3 is 2.15 bits per heavy atom. The Kier molecular flexibility index (Phi) is 3.68. The van der Waals surface area contributed by atoms with Crippen molar-refractivity contribution in [3.63, 3.8) is 0 Å². The van der Waals surface area contributed by atoms with Crippen LogP contribution in [0.15, 0.2) is 60.7 Å². The second kappa shape index (κ2) is 5.33. The molecule has 3 rings (SSSR count). The SMILES string of the molecule is [B][P+]1(c2ccccc2)OC(c2ccccc2)C(C)N1C. The second-order valence-electron chi connectivity index (χ2n) is 5.21. The summed E-state index contributed by atoms with van der Waals surface area (Å²) in [6.45, 7) is 2.18. The minimum absolute atomic E-state index is 0.0275. The van der Waals surface area contributed by atoms with Gasteiger partial charge < -0.3 is 0 Å². The highest BCUT2D eigenvalue weighted by molar-refractivity contribution is 7.97. The molecule has 2 nitrogen and oxygen atoms in total. The van der Waals surface area contributed by atoms with Gasteiger partial charge >= 0.3 is 7.57 Å². The molecule has 4 heteroatoms. The third-order valence-electron chi connectivity index (χ3n) is 4.02. The van der Waals surface area contributed by atoms with Gasteiger partial charge in [0.25, 0.3) is 0 Å². The van der Waals surface area contributed by atoms with Gasteiger partial charge in [0.2, 0.25) is 0 Å². The molecule has 1 aliphatic rings. The van der Waals surface area contributed by atoms with Crippen molar-refractivity contribution in [2.45, 2.75) is 19.1 Å². The molecular weight excluding hydrogens is 264 g/mol. The zero-order chi connectivity index (χ0) is 14.2. The van der Waals surface area contributed by atoms with E-state index in [0.29, 0.717) is 0 Å². The molecule has 2 radical (unpaired) electrons. The van der Waals surface area contributed by atoms with Crippen LogP contribution in [0.1, 0.15) is 18.6 Å². The van der Waals surface area contributed by atoms with E-state index in [2.05, 4.69) is 42.9 Å². The van der Waals surface area contributed by atoms with E-state index in [9.17, 15) is 0 Å². The van der Waals surface area contributed by atoms with Crippen molar-refractivity contribution in [2.75, 3.05) is 7.05 Å². The van der Waals surface area contributed by atoms with E-state index in [1.54, 1.807) is 0 Å². The zero-order valence-electron chi connectivity index (χ0n) is 11.8. The highest BCUT2D eigenvalue weighted by atomic mass is 31.2. The summed E-state index contributed by atoms with van der Waals surface area (Å²) in [5.41, 5.74) is 1.19. The van der Waals surface area contributed by atoms with Crippen molar-refractivity contribution in [1.29, 1.82) is 0 Å². The molecule has 1 heterocycles. The first kappa shape index (κ1) is 13.8. The minimum atomic E-state index is -2.21. The van der Waals surface area contributed by atoms with Gasteiger partial charge in [0, 0.05) is 7.05 Å².